The fourth-order valence-electron chi connectivity index (χ4n) is 5.05. The van der Waals surface area contributed by atoms with Gasteiger partial charge in [-0.15, -0.1) is 0 Å². The molecule has 4 rings (SSSR count). The van der Waals surface area contributed by atoms with Gasteiger partial charge >= 0.3 is 0 Å². The third-order valence-electron chi connectivity index (χ3n) is 7.51. The summed E-state index contributed by atoms with van der Waals surface area (Å²) >= 11 is 0. The number of H-pyrrole nitrogens is 1. The maximum absolute atomic E-state index is 13.4. The van der Waals surface area contributed by atoms with Crippen LogP contribution in [0, 0.1) is 0 Å². The molecule has 2 aliphatic rings. The number of carbonyl (C=O) groups is 2. The first kappa shape index (κ1) is 23.5. The Bertz CT molecular complexity index is 1040. The number of ether oxygens (including phenoxy) is 1. The van der Waals surface area contributed by atoms with Crippen molar-refractivity contribution < 1.29 is 19.4 Å². The monoisotopic (exact) mass is 470 g/mol. The molecule has 8 nitrogen and oxygen atoms in total. The molecule has 9 heteroatoms. The van der Waals surface area contributed by atoms with Gasteiger partial charge in [0.15, 0.2) is 11.9 Å². The molecule has 1 fully saturated rings. The predicted molar refractivity (Wildman–Crippen MR) is 129 cm³/mol. The van der Waals surface area contributed by atoms with Crippen LogP contribution in [0.15, 0.2) is 30.3 Å². The molecule has 0 spiro atoms. The highest BCUT2D eigenvalue weighted by atomic mass is 28.3. The minimum atomic E-state index is -1.72. The number of aromatic nitrogens is 2. The van der Waals surface area contributed by atoms with Crippen molar-refractivity contribution in [2.24, 2.45) is 0 Å². The summed E-state index contributed by atoms with van der Waals surface area (Å²) in [6.45, 7) is 10.4. The molecule has 33 heavy (non-hydrogen) atoms. The molecule has 0 radical (unpaired) electrons. The minimum Gasteiger partial charge on any atom is -0.478 e. The zero-order chi connectivity index (χ0) is 24.0. The molecule has 2 amide bonds. The van der Waals surface area contributed by atoms with Crippen LogP contribution in [-0.2, 0) is 21.7 Å². The number of nitrogens with one attached hydrogen (secondary N) is 2. The Morgan fingerprint density at radius 2 is 1.91 bits per heavy atom. The zero-order valence-electron chi connectivity index (χ0n) is 20.1. The number of hydrogen-bond acceptors (Lipinski definition) is 5. The van der Waals surface area contributed by atoms with Crippen molar-refractivity contribution in [1.29, 1.82) is 0 Å². The summed E-state index contributed by atoms with van der Waals surface area (Å²) in [6, 6.07) is 8.99. The highest BCUT2D eigenvalue weighted by molar-refractivity contribution is 6.83. The van der Waals surface area contributed by atoms with E-state index in [0.29, 0.717) is 11.6 Å². The number of benzene rings is 1. The number of fused-ring (bicyclic) bond motifs is 1. The van der Waals surface area contributed by atoms with Crippen LogP contribution >= 0.6 is 0 Å². The Labute approximate surface area is 195 Å². The summed E-state index contributed by atoms with van der Waals surface area (Å²) in [5.41, 5.74) is 0.907. The van der Waals surface area contributed by atoms with Crippen LogP contribution in [0.3, 0.4) is 0 Å². The Kier molecular flexibility index (Phi) is 5.90. The van der Waals surface area contributed by atoms with Crippen molar-refractivity contribution in [2.45, 2.75) is 76.0 Å². The quantitative estimate of drug-likeness (QED) is 0.536. The highest BCUT2D eigenvalue weighted by Gasteiger charge is 2.54. The van der Waals surface area contributed by atoms with E-state index in [0.717, 1.165) is 30.5 Å². The fourth-order valence-corrected chi connectivity index (χ4v) is 7.65. The molecule has 0 saturated heterocycles. The van der Waals surface area contributed by atoms with Crippen molar-refractivity contribution in [3.8, 4) is 5.75 Å². The number of nitrogens with zero attached hydrogens (tertiary/aromatic N) is 2. The van der Waals surface area contributed by atoms with Gasteiger partial charge < -0.3 is 20.1 Å². The average Bonchev–Trinajstić information content (AvgIpc) is 3.22. The van der Waals surface area contributed by atoms with Crippen LogP contribution in [0.1, 0.15) is 44.4 Å². The van der Waals surface area contributed by atoms with Gasteiger partial charge in [0, 0.05) is 10.6 Å². The number of rotatable bonds is 7. The van der Waals surface area contributed by atoms with E-state index in [9.17, 15) is 14.7 Å². The average molecular weight is 471 g/mol. The lowest BCUT2D eigenvalue weighted by Gasteiger charge is -2.48. The van der Waals surface area contributed by atoms with Crippen molar-refractivity contribution in [2.75, 3.05) is 11.9 Å². The molecule has 1 atom stereocenters. The number of amides is 2. The van der Waals surface area contributed by atoms with Gasteiger partial charge in [-0.3, -0.25) is 14.7 Å². The molecule has 1 aromatic heterocycles. The third-order valence-corrected chi connectivity index (χ3v) is 11.1. The fraction of sp³-hybridized carbons (Fsp3) is 0.542. The first-order valence-corrected chi connectivity index (χ1v) is 15.0. The summed E-state index contributed by atoms with van der Waals surface area (Å²) in [4.78, 5) is 28.4. The molecule has 2 aromatic rings. The highest BCUT2D eigenvalue weighted by Crippen LogP contribution is 2.56. The number of para-hydroxylation sites is 1. The van der Waals surface area contributed by atoms with E-state index in [-0.39, 0.29) is 23.4 Å². The molecule has 3 N–H and O–H groups in total. The molecule has 1 saturated carbocycles. The molecular formula is C24H34N4O4Si. The van der Waals surface area contributed by atoms with E-state index < -0.39 is 26.3 Å². The summed E-state index contributed by atoms with van der Waals surface area (Å²) in [6.07, 6.45) is 1.90. The van der Waals surface area contributed by atoms with Crippen LogP contribution in [0.2, 0.25) is 24.7 Å². The topological polar surface area (TPSA) is 108 Å². The lowest BCUT2D eigenvalue weighted by atomic mass is 9.83. The predicted octanol–water partition coefficient (Wildman–Crippen LogP) is 3.63. The standard InChI is InChI=1S/C24H34N4O4Si/c1-23(2)19-17(14-28(23)21(30)18(15-29)32-16-10-7-6-8-11-16)20(27-26-19)25-22(31)24(12-9-13-24)33(3,4)5/h6-8,10-11,18,29H,9,12-15H2,1-5H3,(H2,25,26,27,31). The number of aromatic amines is 1. The van der Waals surface area contributed by atoms with Crippen molar-refractivity contribution >= 4 is 25.7 Å². The third kappa shape index (κ3) is 3.87. The second-order valence-corrected chi connectivity index (χ2v) is 16.1. The second-order valence-electron chi connectivity index (χ2n) is 10.7. The summed E-state index contributed by atoms with van der Waals surface area (Å²) in [7, 11) is -1.72. The van der Waals surface area contributed by atoms with E-state index in [1.807, 2.05) is 32.0 Å². The van der Waals surface area contributed by atoms with Crippen LogP contribution in [0.5, 0.6) is 5.75 Å². The van der Waals surface area contributed by atoms with E-state index in [1.165, 1.54) is 0 Å². The van der Waals surface area contributed by atoms with E-state index in [4.69, 9.17) is 4.74 Å². The molecule has 0 bridgehead atoms. The first-order chi connectivity index (χ1) is 15.5. The van der Waals surface area contributed by atoms with Gasteiger partial charge in [-0.2, -0.15) is 5.10 Å². The van der Waals surface area contributed by atoms with Crippen molar-refractivity contribution in [1.82, 2.24) is 15.1 Å². The van der Waals surface area contributed by atoms with Gasteiger partial charge in [0.1, 0.15) is 5.75 Å². The zero-order valence-corrected chi connectivity index (χ0v) is 21.1. The number of aliphatic hydroxyl groups is 1. The number of aliphatic hydroxyl groups excluding tert-OH is 1. The normalized spacial score (nSPS) is 19.4. The van der Waals surface area contributed by atoms with Crippen LogP contribution < -0.4 is 10.1 Å². The van der Waals surface area contributed by atoms with Crippen LogP contribution in [0.4, 0.5) is 5.82 Å². The van der Waals surface area contributed by atoms with Gasteiger partial charge in [-0.1, -0.05) is 44.3 Å². The molecular weight excluding hydrogens is 436 g/mol. The van der Waals surface area contributed by atoms with E-state index in [1.54, 1.807) is 17.0 Å². The molecule has 1 aliphatic carbocycles. The minimum absolute atomic E-state index is 0.0467. The molecule has 2 heterocycles. The van der Waals surface area contributed by atoms with Crippen LogP contribution in [-0.4, -0.2) is 52.8 Å². The Balaban J connectivity index is 1.54. The SMILES string of the molecule is CC1(C)c2[nH]nc(NC(=O)C3([Si](C)(C)C)CCC3)c2CN1C(=O)C(CO)Oc1ccccc1. The molecule has 1 unspecified atom stereocenters. The lowest BCUT2D eigenvalue weighted by Crippen LogP contribution is -2.52. The van der Waals surface area contributed by atoms with Crippen molar-refractivity contribution in [3.63, 3.8) is 0 Å². The van der Waals surface area contributed by atoms with Gasteiger partial charge in [0.05, 0.1) is 32.5 Å². The van der Waals surface area contributed by atoms with E-state index in [2.05, 4.69) is 35.2 Å². The summed E-state index contributed by atoms with van der Waals surface area (Å²) in [5, 5.41) is 20.1. The maximum Gasteiger partial charge on any atom is 0.267 e. The van der Waals surface area contributed by atoms with E-state index >= 15 is 0 Å². The first-order valence-electron chi connectivity index (χ1n) is 11.5. The Morgan fingerprint density at radius 1 is 1.24 bits per heavy atom. The maximum atomic E-state index is 13.4. The van der Waals surface area contributed by atoms with Gasteiger partial charge in [-0.05, 0) is 38.8 Å². The van der Waals surface area contributed by atoms with Crippen LogP contribution in [0.25, 0.3) is 0 Å². The van der Waals surface area contributed by atoms with Gasteiger partial charge in [-0.25, -0.2) is 0 Å². The Morgan fingerprint density at radius 3 is 2.45 bits per heavy atom. The Hall–Kier alpha value is -2.65. The number of carbonyl (C=O) groups excluding carboxylic acids is 2. The lowest BCUT2D eigenvalue weighted by molar-refractivity contribution is -0.146. The van der Waals surface area contributed by atoms with Gasteiger partial charge in [0.25, 0.3) is 5.91 Å². The molecule has 1 aromatic carbocycles. The smallest absolute Gasteiger partial charge is 0.267 e. The summed E-state index contributed by atoms with van der Waals surface area (Å²) < 4.78 is 5.77. The van der Waals surface area contributed by atoms with Gasteiger partial charge in [0.2, 0.25) is 5.91 Å². The number of hydrogen-bond donors (Lipinski definition) is 3. The summed E-state index contributed by atoms with van der Waals surface area (Å²) in [5.74, 6) is 0.746. The second kappa shape index (κ2) is 8.29. The molecule has 1 aliphatic heterocycles. The molecule has 178 valence electrons. The largest absolute Gasteiger partial charge is 0.478 e. The number of anilines is 1. The van der Waals surface area contributed by atoms with Crippen molar-refractivity contribution in [3.05, 3.63) is 41.6 Å².